The first kappa shape index (κ1) is 11.0. The third-order valence-electron chi connectivity index (χ3n) is 3.23. The molecule has 0 aromatic carbocycles. The lowest BCUT2D eigenvalue weighted by Gasteiger charge is -2.45. The van der Waals surface area contributed by atoms with Crippen molar-refractivity contribution in [2.24, 2.45) is 0 Å². The van der Waals surface area contributed by atoms with Crippen molar-refractivity contribution < 1.29 is 0 Å². The zero-order valence-electron chi connectivity index (χ0n) is 9.75. The molecule has 0 aromatic rings. The Kier molecular flexibility index (Phi) is 3.74. The van der Waals surface area contributed by atoms with Crippen molar-refractivity contribution in [3.63, 3.8) is 0 Å². The Balaban J connectivity index is 2.56. The van der Waals surface area contributed by atoms with E-state index in [0.717, 1.165) is 12.1 Å². The fourth-order valence-corrected chi connectivity index (χ4v) is 2.39. The van der Waals surface area contributed by atoms with Crippen molar-refractivity contribution in [3.05, 3.63) is 0 Å². The lowest BCUT2D eigenvalue weighted by molar-refractivity contribution is 0.0269. The Morgan fingerprint density at radius 3 is 2.23 bits per heavy atom. The van der Waals surface area contributed by atoms with Crippen molar-refractivity contribution >= 4 is 0 Å². The van der Waals surface area contributed by atoms with Crippen LogP contribution in [0.25, 0.3) is 0 Å². The van der Waals surface area contributed by atoms with Gasteiger partial charge in [-0.2, -0.15) is 0 Å². The first-order chi connectivity index (χ1) is 6.06. The quantitative estimate of drug-likeness (QED) is 0.646. The Hall–Kier alpha value is -0.0800. The molecule has 0 spiro atoms. The van der Waals surface area contributed by atoms with E-state index in [1.54, 1.807) is 0 Å². The number of rotatable bonds is 2. The highest BCUT2D eigenvalue weighted by Gasteiger charge is 2.28. The summed E-state index contributed by atoms with van der Waals surface area (Å²) < 4.78 is 0. The van der Waals surface area contributed by atoms with Crippen LogP contribution in [0.2, 0.25) is 0 Å². The van der Waals surface area contributed by atoms with Gasteiger partial charge in [-0.1, -0.05) is 6.92 Å². The number of likely N-dealkylation sites (N-methyl/N-ethyl adjacent to an activating group) is 1. The van der Waals surface area contributed by atoms with Gasteiger partial charge < -0.3 is 0 Å². The number of hydrogen-bond donors (Lipinski definition) is 0. The summed E-state index contributed by atoms with van der Waals surface area (Å²) in [4.78, 5) is 5.18. The highest BCUT2D eigenvalue weighted by Crippen LogP contribution is 2.16. The lowest BCUT2D eigenvalue weighted by atomic mass is 10.1. The van der Waals surface area contributed by atoms with E-state index in [0.29, 0.717) is 6.04 Å². The summed E-state index contributed by atoms with van der Waals surface area (Å²) in [6, 6.07) is 2.14. The average molecular weight is 184 g/mol. The molecule has 0 unspecified atom stereocenters. The molecule has 2 atom stereocenters. The fraction of sp³-hybridized carbons (Fsp3) is 1.00. The Bertz CT molecular complexity index is 156. The van der Waals surface area contributed by atoms with Gasteiger partial charge in [-0.15, -0.1) is 0 Å². The minimum atomic E-state index is 0.691. The summed E-state index contributed by atoms with van der Waals surface area (Å²) in [5.74, 6) is 0. The predicted molar refractivity (Wildman–Crippen MR) is 58.0 cm³/mol. The zero-order valence-corrected chi connectivity index (χ0v) is 9.75. The van der Waals surface area contributed by atoms with Gasteiger partial charge in [0, 0.05) is 31.2 Å². The van der Waals surface area contributed by atoms with Gasteiger partial charge in [0.15, 0.2) is 0 Å². The van der Waals surface area contributed by atoms with Crippen LogP contribution in [-0.4, -0.2) is 47.6 Å². The second-order valence-electron chi connectivity index (χ2n) is 4.58. The van der Waals surface area contributed by atoms with Crippen molar-refractivity contribution in [2.45, 2.75) is 52.7 Å². The lowest BCUT2D eigenvalue weighted by Crippen LogP contribution is -2.57. The molecule has 1 aliphatic heterocycles. The molecule has 0 aliphatic carbocycles. The topological polar surface area (TPSA) is 6.48 Å². The molecule has 1 saturated heterocycles. The number of piperazine rings is 1. The SMILES string of the molecule is CCN1C[C@H](C)N(C(C)C)C[C@H]1C. The van der Waals surface area contributed by atoms with Crippen LogP contribution in [0.1, 0.15) is 34.6 Å². The smallest absolute Gasteiger partial charge is 0.0198 e. The second-order valence-corrected chi connectivity index (χ2v) is 4.58. The molecule has 1 rings (SSSR count). The van der Waals surface area contributed by atoms with Crippen LogP contribution in [0.15, 0.2) is 0 Å². The molecule has 1 fully saturated rings. The van der Waals surface area contributed by atoms with Gasteiger partial charge in [-0.25, -0.2) is 0 Å². The van der Waals surface area contributed by atoms with Gasteiger partial charge in [0.2, 0.25) is 0 Å². The van der Waals surface area contributed by atoms with E-state index in [-0.39, 0.29) is 0 Å². The summed E-state index contributed by atoms with van der Waals surface area (Å²) in [6.07, 6.45) is 0. The van der Waals surface area contributed by atoms with E-state index in [2.05, 4.69) is 44.4 Å². The molecule has 0 saturated carbocycles. The largest absolute Gasteiger partial charge is 0.298 e. The van der Waals surface area contributed by atoms with Crippen LogP contribution < -0.4 is 0 Å². The summed E-state index contributed by atoms with van der Waals surface area (Å²) in [7, 11) is 0. The third-order valence-corrected chi connectivity index (χ3v) is 3.23. The molecular formula is C11H24N2. The van der Waals surface area contributed by atoms with Crippen LogP contribution in [0.5, 0.6) is 0 Å². The molecule has 2 nitrogen and oxygen atoms in total. The van der Waals surface area contributed by atoms with Crippen LogP contribution in [0, 0.1) is 0 Å². The maximum Gasteiger partial charge on any atom is 0.0198 e. The maximum absolute atomic E-state index is 2.61. The van der Waals surface area contributed by atoms with Gasteiger partial charge in [0.25, 0.3) is 0 Å². The molecule has 0 bridgehead atoms. The monoisotopic (exact) mass is 184 g/mol. The van der Waals surface area contributed by atoms with E-state index in [1.165, 1.54) is 19.6 Å². The number of nitrogens with zero attached hydrogens (tertiary/aromatic N) is 2. The van der Waals surface area contributed by atoms with E-state index < -0.39 is 0 Å². The van der Waals surface area contributed by atoms with E-state index in [4.69, 9.17) is 0 Å². The molecular weight excluding hydrogens is 160 g/mol. The highest BCUT2D eigenvalue weighted by molar-refractivity contribution is 4.85. The summed E-state index contributed by atoms with van der Waals surface area (Å²) in [5.41, 5.74) is 0. The van der Waals surface area contributed by atoms with Crippen LogP contribution in [0.3, 0.4) is 0 Å². The van der Waals surface area contributed by atoms with Crippen molar-refractivity contribution in [3.8, 4) is 0 Å². The van der Waals surface area contributed by atoms with E-state index in [1.807, 2.05) is 0 Å². The zero-order chi connectivity index (χ0) is 10.0. The Morgan fingerprint density at radius 2 is 1.77 bits per heavy atom. The Morgan fingerprint density at radius 1 is 1.15 bits per heavy atom. The first-order valence-electron chi connectivity index (χ1n) is 5.56. The van der Waals surface area contributed by atoms with Crippen LogP contribution in [0.4, 0.5) is 0 Å². The normalized spacial score (nSPS) is 32.8. The van der Waals surface area contributed by atoms with Crippen LogP contribution >= 0.6 is 0 Å². The van der Waals surface area contributed by atoms with Crippen molar-refractivity contribution in [1.82, 2.24) is 9.80 Å². The molecule has 2 heteroatoms. The summed E-state index contributed by atoms with van der Waals surface area (Å²) in [6.45, 7) is 15.2. The summed E-state index contributed by atoms with van der Waals surface area (Å²) in [5, 5.41) is 0. The molecule has 13 heavy (non-hydrogen) atoms. The Labute approximate surface area is 82.9 Å². The standard InChI is InChI=1S/C11H24N2/c1-6-12-7-11(5)13(9(2)3)8-10(12)4/h9-11H,6-8H2,1-5H3/t10-,11+/m1/s1. The van der Waals surface area contributed by atoms with Gasteiger partial charge in [0.05, 0.1) is 0 Å². The van der Waals surface area contributed by atoms with Crippen molar-refractivity contribution in [1.29, 1.82) is 0 Å². The van der Waals surface area contributed by atoms with Gasteiger partial charge >= 0.3 is 0 Å². The first-order valence-corrected chi connectivity index (χ1v) is 5.56. The molecule has 78 valence electrons. The summed E-state index contributed by atoms with van der Waals surface area (Å²) >= 11 is 0. The fourth-order valence-electron chi connectivity index (χ4n) is 2.39. The maximum atomic E-state index is 2.61. The molecule has 0 aromatic heterocycles. The third kappa shape index (κ3) is 2.44. The molecule has 0 N–H and O–H groups in total. The predicted octanol–water partition coefficient (Wildman–Crippen LogP) is 1.81. The average Bonchev–Trinajstić information content (AvgIpc) is 2.07. The van der Waals surface area contributed by atoms with Gasteiger partial charge in [-0.05, 0) is 34.2 Å². The van der Waals surface area contributed by atoms with Crippen LogP contribution in [-0.2, 0) is 0 Å². The minimum absolute atomic E-state index is 0.691. The van der Waals surface area contributed by atoms with E-state index in [9.17, 15) is 0 Å². The molecule has 0 radical (unpaired) electrons. The van der Waals surface area contributed by atoms with Gasteiger partial charge in [-0.3, -0.25) is 9.80 Å². The minimum Gasteiger partial charge on any atom is -0.298 e. The van der Waals surface area contributed by atoms with Crippen molar-refractivity contribution in [2.75, 3.05) is 19.6 Å². The molecule has 0 amide bonds. The number of hydrogen-bond acceptors (Lipinski definition) is 2. The highest BCUT2D eigenvalue weighted by atomic mass is 15.3. The van der Waals surface area contributed by atoms with E-state index >= 15 is 0 Å². The molecule has 1 aliphatic rings. The van der Waals surface area contributed by atoms with Gasteiger partial charge in [0.1, 0.15) is 0 Å². The molecule has 1 heterocycles. The second kappa shape index (κ2) is 4.43.